The fourth-order valence-electron chi connectivity index (χ4n) is 2.50. The molecule has 104 valence electrons. The average molecular weight is 268 g/mol. The van der Waals surface area contributed by atoms with E-state index in [-0.39, 0.29) is 0 Å². The molecule has 3 rings (SSSR count). The molecule has 0 unspecified atom stereocenters. The molecule has 0 spiro atoms. The molecule has 4 heteroatoms. The molecule has 1 saturated heterocycles. The lowest BCUT2D eigenvalue weighted by Crippen LogP contribution is -2.33. The number of para-hydroxylation sites is 1. The molecule has 0 atom stereocenters. The van der Waals surface area contributed by atoms with Crippen LogP contribution in [0.25, 0.3) is 0 Å². The van der Waals surface area contributed by atoms with Crippen LogP contribution in [0.5, 0.6) is 0 Å². The molecule has 0 aliphatic carbocycles. The van der Waals surface area contributed by atoms with Gasteiger partial charge >= 0.3 is 0 Å². The molecule has 2 heterocycles. The number of aromatic nitrogens is 2. The molecule has 20 heavy (non-hydrogen) atoms. The summed E-state index contributed by atoms with van der Waals surface area (Å²) in [4.78, 5) is 11.0. The Kier molecular flexibility index (Phi) is 3.81. The molecule has 4 nitrogen and oxygen atoms in total. The first-order chi connectivity index (χ1) is 9.81. The molecule has 0 bridgehead atoms. The first kappa shape index (κ1) is 12.9. The van der Waals surface area contributed by atoms with Crippen LogP contribution >= 0.6 is 0 Å². The van der Waals surface area contributed by atoms with Crippen LogP contribution in [0.15, 0.2) is 42.7 Å². The van der Waals surface area contributed by atoms with Crippen LogP contribution in [0.1, 0.15) is 19.8 Å². The zero-order valence-electron chi connectivity index (χ0n) is 11.8. The zero-order chi connectivity index (χ0) is 13.8. The summed E-state index contributed by atoms with van der Waals surface area (Å²) in [7, 11) is 0. The maximum atomic E-state index is 4.40. The van der Waals surface area contributed by atoms with Gasteiger partial charge in [-0.2, -0.15) is 0 Å². The summed E-state index contributed by atoms with van der Waals surface area (Å²) < 4.78 is 0. The van der Waals surface area contributed by atoms with E-state index in [9.17, 15) is 0 Å². The summed E-state index contributed by atoms with van der Waals surface area (Å²) in [5.74, 6) is 2.69. The average Bonchev–Trinajstić information content (AvgIpc) is 2.49. The summed E-state index contributed by atoms with van der Waals surface area (Å²) in [6.07, 6.45) is 4.12. The number of piperidine rings is 1. The third-order valence-corrected chi connectivity index (χ3v) is 3.81. The Bertz CT molecular complexity index is 547. The number of nitrogens with zero attached hydrogens (tertiary/aromatic N) is 3. The monoisotopic (exact) mass is 268 g/mol. The van der Waals surface area contributed by atoms with Gasteiger partial charge in [0.1, 0.15) is 18.0 Å². The van der Waals surface area contributed by atoms with Crippen LogP contribution in [0.3, 0.4) is 0 Å². The van der Waals surface area contributed by atoms with E-state index in [4.69, 9.17) is 0 Å². The van der Waals surface area contributed by atoms with Gasteiger partial charge in [-0.1, -0.05) is 25.1 Å². The van der Waals surface area contributed by atoms with Crippen molar-refractivity contribution in [1.82, 2.24) is 9.97 Å². The molecule has 1 fully saturated rings. The van der Waals surface area contributed by atoms with Crippen molar-refractivity contribution in [2.75, 3.05) is 23.3 Å². The molecule has 1 aliphatic rings. The van der Waals surface area contributed by atoms with Crippen molar-refractivity contribution in [3.63, 3.8) is 0 Å². The van der Waals surface area contributed by atoms with E-state index in [1.165, 1.54) is 12.8 Å². The van der Waals surface area contributed by atoms with Gasteiger partial charge in [0.05, 0.1) is 0 Å². The summed E-state index contributed by atoms with van der Waals surface area (Å²) in [5, 5.41) is 3.31. The van der Waals surface area contributed by atoms with E-state index < -0.39 is 0 Å². The van der Waals surface area contributed by atoms with E-state index in [1.807, 2.05) is 36.4 Å². The molecule has 1 aromatic carbocycles. The smallest absolute Gasteiger partial charge is 0.135 e. The van der Waals surface area contributed by atoms with Crippen LogP contribution in [-0.4, -0.2) is 23.1 Å². The highest BCUT2D eigenvalue weighted by Crippen LogP contribution is 2.23. The highest BCUT2D eigenvalue weighted by Gasteiger charge is 2.17. The van der Waals surface area contributed by atoms with Crippen molar-refractivity contribution in [1.29, 1.82) is 0 Å². The largest absolute Gasteiger partial charge is 0.356 e. The Balaban J connectivity index is 1.73. The van der Waals surface area contributed by atoms with Crippen molar-refractivity contribution < 1.29 is 0 Å². The second-order valence-electron chi connectivity index (χ2n) is 5.42. The Morgan fingerprint density at radius 2 is 1.85 bits per heavy atom. The first-order valence-electron chi connectivity index (χ1n) is 7.20. The Labute approximate surface area is 119 Å². The van der Waals surface area contributed by atoms with Gasteiger partial charge < -0.3 is 10.2 Å². The first-order valence-corrected chi connectivity index (χ1v) is 7.20. The van der Waals surface area contributed by atoms with Crippen molar-refractivity contribution in [3.05, 3.63) is 42.7 Å². The summed E-state index contributed by atoms with van der Waals surface area (Å²) >= 11 is 0. The van der Waals surface area contributed by atoms with E-state index in [1.54, 1.807) is 6.33 Å². The van der Waals surface area contributed by atoms with E-state index in [0.29, 0.717) is 0 Å². The quantitative estimate of drug-likeness (QED) is 0.925. The number of benzene rings is 1. The van der Waals surface area contributed by atoms with Gasteiger partial charge in [-0.3, -0.25) is 0 Å². The molecule has 0 saturated carbocycles. The van der Waals surface area contributed by atoms with Gasteiger partial charge in [-0.25, -0.2) is 9.97 Å². The van der Waals surface area contributed by atoms with Gasteiger partial charge in [-0.15, -0.1) is 0 Å². The third kappa shape index (κ3) is 3.07. The number of rotatable bonds is 3. The van der Waals surface area contributed by atoms with Crippen molar-refractivity contribution in [2.24, 2.45) is 5.92 Å². The van der Waals surface area contributed by atoms with E-state index >= 15 is 0 Å². The number of anilines is 3. The number of nitrogens with one attached hydrogen (secondary N) is 1. The number of hydrogen-bond acceptors (Lipinski definition) is 4. The SMILES string of the molecule is CC1CCN(c2cc(Nc3ccccc3)ncn2)CC1. The van der Waals surface area contributed by atoms with Crippen molar-refractivity contribution in [2.45, 2.75) is 19.8 Å². The van der Waals surface area contributed by atoms with Gasteiger partial charge in [0, 0.05) is 24.8 Å². The molecule has 1 N–H and O–H groups in total. The Morgan fingerprint density at radius 1 is 1.10 bits per heavy atom. The molecule has 0 amide bonds. The Hall–Kier alpha value is -2.10. The highest BCUT2D eigenvalue weighted by molar-refractivity contribution is 5.59. The van der Waals surface area contributed by atoms with Gasteiger partial charge in [0.2, 0.25) is 0 Å². The normalized spacial score (nSPS) is 16.1. The molecular formula is C16H20N4. The van der Waals surface area contributed by atoms with Crippen molar-refractivity contribution >= 4 is 17.3 Å². The van der Waals surface area contributed by atoms with Crippen molar-refractivity contribution in [3.8, 4) is 0 Å². The third-order valence-electron chi connectivity index (χ3n) is 3.81. The van der Waals surface area contributed by atoms with Crippen LogP contribution in [0, 0.1) is 5.92 Å². The predicted octanol–water partition coefficient (Wildman–Crippen LogP) is 3.46. The molecule has 1 aliphatic heterocycles. The highest BCUT2D eigenvalue weighted by atomic mass is 15.2. The molecule has 2 aromatic rings. The summed E-state index contributed by atoms with van der Waals surface area (Å²) in [5.41, 5.74) is 1.05. The zero-order valence-corrected chi connectivity index (χ0v) is 11.8. The lowest BCUT2D eigenvalue weighted by molar-refractivity contribution is 0.436. The molecule has 0 radical (unpaired) electrons. The minimum Gasteiger partial charge on any atom is -0.356 e. The molecule has 1 aromatic heterocycles. The van der Waals surface area contributed by atoms with Crippen LogP contribution in [0.2, 0.25) is 0 Å². The maximum absolute atomic E-state index is 4.40. The molecular weight excluding hydrogens is 248 g/mol. The fraction of sp³-hybridized carbons (Fsp3) is 0.375. The maximum Gasteiger partial charge on any atom is 0.135 e. The number of hydrogen-bond donors (Lipinski definition) is 1. The minimum absolute atomic E-state index is 0.829. The predicted molar refractivity (Wildman–Crippen MR) is 82.4 cm³/mol. The summed E-state index contributed by atoms with van der Waals surface area (Å²) in [6, 6.07) is 12.1. The topological polar surface area (TPSA) is 41.0 Å². The lowest BCUT2D eigenvalue weighted by atomic mass is 9.99. The minimum atomic E-state index is 0.829. The van der Waals surface area contributed by atoms with Crippen LogP contribution < -0.4 is 10.2 Å². The van der Waals surface area contributed by atoms with Gasteiger partial charge in [0.15, 0.2) is 0 Å². The lowest BCUT2D eigenvalue weighted by Gasteiger charge is -2.31. The van der Waals surface area contributed by atoms with E-state index in [2.05, 4.69) is 27.1 Å². The standard InChI is InChI=1S/C16H20N4/c1-13-7-9-20(10-8-13)16-11-15(17-12-18-16)19-14-5-3-2-4-6-14/h2-6,11-13H,7-10H2,1H3,(H,17,18,19). The van der Waals surface area contributed by atoms with E-state index in [0.717, 1.165) is 36.3 Å². The second-order valence-corrected chi connectivity index (χ2v) is 5.42. The fourth-order valence-corrected chi connectivity index (χ4v) is 2.50. The van der Waals surface area contributed by atoms with Gasteiger partial charge in [-0.05, 0) is 30.9 Å². The Morgan fingerprint density at radius 3 is 2.60 bits per heavy atom. The summed E-state index contributed by atoms with van der Waals surface area (Å²) in [6.45, 7) is 4.49. The van der Waals surface area contributed by atoms with Crippen LogP contribution in [0.4, 0.5) is 17.3 Å². The van der Waals surface area contributed by atoms with Gasteiger partial charge in [0.25, 0.3) is 0 Å². The van der Waals surface area contributed by atoms with Crippen LogP contribution in [-0.2, 0) is 0 Å². The second kappa shape index (κ2) is 5.90.